The minimum Gasteiger partial charge on any atom is -0.394 e. The van der Waals surface area contributed by atoms with E-state index in [1.165, 1.54) is 31.4 Å². The average Bonchev–Trinajstić information content (AvgIpc) is 2.98. The van der Waals surface area contributed by atoms with Gasteiger partial charge in [-0.2, -0.15) is 0 Å². The number of aliphatic hydroxyl groups excluding tert-OH is 1. The Kier molecular flexibility index (Phi) is 4.27. The monoisotopic (exact) mass is 274 g/mol. The second kappa shape index (κ2) is 6.15. The number of anilines is 1. The van der Waals surface area contributed by atoms with Crippen LogP contribution in [0.25, 0.3) is 0 Å². The summed E-state index contributed by atoms with van der Waals surface area (Å²) in [6, 6.07) is 11.3. The largest absolute Gasteiger partial charge is 0.394 e. The highest BCUT2D eigenvalue weighted by atomic mass is 16.3. The van der Waals surface area contributed by atoms with Crippen molar-refractivity contribution in [3.63, 3.8) is 0 Å². The summed E-state index contributed by atoms with van der Waals surface area (Å²) < 4.78 is 0. The van der Waals surface area contributed by atoms with Crippen LogP contribution in [-0.2, 0) is 0 Å². The molecule has 3 heteroatoms. The second-order valence-corrected chi connectivity index (χ2v) is 6.39. The summed E-state index contributed by atoms with van der Waals surface area (Å²) in [6.45, 7) is 2.53. The number of aliphatic hydroxyl groups is 1. The summed E-state index contributed by atoms with van der Waals surface area (Å²) in [6.07, 6.45) is 7.16. The number of para-hydroxylation sites is 1. The summed E-state index contributed by atoms with van der Waals surface area (Å²) in [5.74, 6) is 0. The first kappa shape index (κ1) is 13.9. The first-order chi connectivity index (χ1) is 9.81. The van der Waals surface area contributed by atoms with Crippen LogP contribution in [0.4, 0.5) is 5.69 Å². The molecule has 1 aliphatic carbocycles. The van der Waals surface area contributed by atoms with Crippen LogP contribution in [0.3, 0.4) is 0 Å². The Morgan fingerprint density at radius 3 is 2.35 bits per heavy atom. The number of rotatable bonds is 4. The summed E-state index contributed by atoms with van der Waals surface area (Å²) in [7, 11) is 0. The molecule has 2 N–H and O–H groups in total. The van der Waals surface area contributed by atoms with Gasteiger partial charge in [-0.15, -0.1) is 0 Å². The third-order valence-corrected chi connectivity index (χ3v) is 4.99. The lowest BCUT2D eigenvalue weighted by atomic mass is 9.94. The van der Waals surface area contributed by atoms with Crippen molar-refractivity contribution in [1.82, 2.24) is 5.32 Å². The maximum absolute atomic E-state index is 9.70. The second-order valence-electron chi connectivity index (χ2n) is 6.39. The highest BCUT2D eigenvalue weighted by Gasteiger charge is 2.35. The third-order valence-electron chi connectivity index (χ3n) is 4.99. The van der Waals surface area contributed by atoms with Crippen molar-refractivity contribution in [2.45, 2.75) is 50.1 Å². The summed E-state index contributed by atoms with van der Waals surface area (Å²) in [4.78, 5) is 2.47. The molecule has 0 atom stereocenters. The quantitative estimate of drug-likeness (QED) is 0.886. The molecule has 1 heterocycles. The van der Waals surface area contributed by atoms with Gasteiger partial charge >= 0.3 is 0 Å². The number of nitrogens with one attached hydrogen (secondary N) is 1. The minimum absolute atomic E-state index is 0.0274. The lowest BCUT2D eigenvalue weighted by Crippen LogP contribution is -2.54. The molecule has 1 aromatic carbocycles. The SMILES string of the molecule is OCC1(NC2CCN(c3ccccc3)CC2)CCCC1. The van der Waals surface area contributed by atoms with Crippen LogP contribution in [0.1, 0.15) is 38.5 Å². The molecule has 20 heavy (non-hydrogen) atoms. The number of nitrogens with zero attached hydrogens (tertiary/aromatic N) is 1. The van der Waals surface area contributed by atoms with Crippen molar-refractivity contribution in [2.75, 3.05) is 24.6 Å². The first-order valence-electron chi connectivity index (χ1n) is 8.00. The molecule has 0 radical (unpaired) electrons. The van der Waals surface area contributed by atoms with Crippen LogP contribution in [0.15, 0.2) is 30.3 Å². The van der Waals surface area contributed by atoms with Gasteiger partial charge in [0.25, 0.3) is 0 Å². The van der Waals surface area contributed by atoms with E-state index in [-0.39, 0.29) is 5.54 Å². The average molecular weight is 274 g/mol. The van der Waals surface area contributed by atoms with E-state index in [0.29, 0.717) is 12.6 Å². The lowest BCUT2D eigenvalue weighted by molar-refractivity contribution is 0.144. The van der Waals surface area contributed by atoms with E-state index in [4.69, 9.17) is 0 Å². The molecular weight excluding hydrogens is 248 g/mol. The number of piperidine rings is 1. The van der Waals surface area contributed by atoms with Crippen LogP contribution in [0, 0.1) is 0 Å². The normalized spacial score (nSPS) is 23.1. The van der Waals surface area contributed by atoms with Crippen molar-refractivity contribution in [2.24, 2.45) is 0 Å². The molecule has 0 bridgehead atoms. The van der Waals surface area contributed by atoms with Crippen LogP contribution >= 0.6 is 0 Å². The van der Waals surface area contributed by atoms with Gasteiger partial charge in [-0.3, -0.25) is 0 Å². The summed E-state index contributed by atoms with van der Waals surface area (Å²) in [5, 5.41) is 13.5. The van der Waals surface area contributed by atoms with Crippen LogP contribution in [-0.4, -0.2) is 36.4 Å². The molecule has 0 spiro atoms. The minimum atomic E-state index is 0.0274. The predicted molar refractivity (Wildman–Crippen MR) is 83.1 cm³/mol. The number of benzene rings is 1. The van der Waals surface area contributed by atoms with E-state index >= 15 is 0 Å². The summed E-state index contributed by atoms with van der Waals surface area (Å²) >= 11 is 0. The van der Waals surface area contributed by atoms with Crippen molar-refractivity contribution in [3.8, 4) is 0 Å². The zero-order chi connectivity index (χ0) is 13.8. The Hall–Kier alpha value is -1.06. The molecule has 110 valence electrons. The van der Waals surface area contributed by atoms with E-state index in [9.17, 15) is 5.11 Å². The zero-order valence-corrected chi connectivity index (χ0v) is 12.2. The van der Waals surface area contributed by atoms with Crippen molar-refractivity contribution >= 4 is 5.69 Å². The molecule has 3 nitrogen and oxygen atoms in total. The van der Waals surface area contributed by atoms with E-state index in [1.807, 2.05) is 0 Å². The van der Waals surface area contributed by atoms with E-state index in [2.05, 4.69) is 40.5 Å². The third kappa shape index (κ3) is 2.99. The maximum Gasteiger partial charge on any atom is 0.0613 e. The van der Waals surface area contributed by atoms with Crippen LogP contribution < -0.4 is 10.2 Å². The molecule has 0 unspecified atom stereocenters. The van der Waals surface area contributed by atoms with Gasteiger partial charge < -0.3 is 15.3 Å². The summed E-state index contributed by atoms with van der Waals surface area (Å²) in [5.41, 5.74) is 1.36. The Morgan fingerprint density at radius 1 is 1.10 bits per heavy atom. The van der Waals surface area contributed by atoms with Crippen molar-refractivity contribution < 1.29 is 5.11 Å². The van der Waals surface area contributed by atoms with E-state index in [1.54, 1.807) is 0 Å². The molecule has 2 fully saturated rings. The fourth-order valence-electron chi connectivity index (χ4n) is 3.75. The molecule has 3 rings (SSSR count). The Labute approximate surface area is 122 Å². The standard InChI is InChI=1S/C17H26N2O/c20-14-17(10-4-5-11-17)18-15-8-12-19(13-9-15)16-6-2-1-3-7-16/h1-3,6-7,15,18,20H,4-5,8-14H2. The molecule has 1 saturated heterocycles. The van der Waals surface area contributed by atoms with Gasteiger partial charge in [-0.05, 0) is 37.8 Å². The zero-order valence-electron chi connectivity index (χ0n) is 12.2. The highest BCUT2D eigenvalue weighted by Crippen LogP contribution is 2.31. The fourth-order valence-corrected chi connectivity index (χ4v) is 3.75. The predicted octanol–water partition coefficient (Wildman–Crippen LogP) is 2.55. The van der Waals surface area contributed by atoms with Gasteiger partial charge in [0.1, 0.15) is 0 Å². The van der Waals surface area contributed by atoms with Crippen molar-refractivity contribution in [3.05, 3.63) is 30.3 Å². The molecule has 1 aromatic rings. The van der Waals surface area contributed by atoms with Crippen LogP contribution in [0.5, 0.6) is 0 Å². The van der Waals surface area contributed by atoms with Gasteiger partial charge in [0.15, 0.2) is 0 Å². The van der Waals surface area contributed by atoms with Gasteiger partial charge in [0.05, 0.1) is 6.61 Å². The smallest absolute Gasteiger partial charge is 0.0613 e. The topological polar surface area (TPSA) is 35.5 Å². The lowest BCUT2D eigenvalue weighted by Gasteiger charge is -2.39. The highest BCUT2D eigenvalue weighted by molar-refractivity contribution is 5.46. The Morgan fingerprint density at radius 2 is 1.75 bits per heavy atom. The number of hydrogen-bond donors (Lipinski definition) is 2. The van der Waals surface area contributed by atoms with Gasteiger partial charge in [-0.1, -0.05) is 31.0 Å². The van der Waals surface area contributed by atoms with Crippen LogP contribution in [0.2, 0.25) is 0 Å². The molecule has 2 aliphatic rings. The molecule has 1 saturated carbocycles. The fraction of sp³-hybridized carbons (Fsp3) is 0.647. The first-order valence-corrected chi connectivity index (χ1v) is 8.00. The van der Waals surface area contributed by atoms with Gasteiger partial charge in [-0.25, -0.2) is 0 Å². The Balaban J connectivity index is 1.54. The van der Waals surface area contributed by atoms with Gasteiger partial charge in [0, 0.05) is 30.4 Å². The van der Waals surface area contributed by atoms with Crippen molar-refractivity contribution in [1.29, 1.82) is 0 Å². The molecule has 0 aromatic heterocycles. The number of hydrogen-bond acceptors (Lipinski definition) is 3. The molecule has 1 aliphatic heterocycles. The maximum atomic E-state index is 9.70. The van der Waals surface area contributed by atoms with E-state index < -0.39 is 0 Å². The van der Waals surface area contributed by atoms with Gasteiger partial charge in [0.2, 0.25) is 0 Å². The molecule has 0 amide bonds. The molecular formula is C17H26N2O. The van der Waals surface area contributed by atoms with E-state index in [0.717, 1.165) is 25.9 Å². The Bertz CT molecular complexity index is 406.